The topological polar surface area (TPSA) is 73.4 Å². The van der Waals surface area contributed by atoms with Crippen LogP contribution in [0.1, 0.15) is 25.5 Å². The summed E-state index contributed by atoms with van der Waals surface area (Å²) in [6.45, 7) is 2.99. The summed E-state index contributed by atoms with van der Waals surface area (Å²) in [5.41, 5.74) is 3.23. The van der Waals surface area contributed by atoms with E-state index in [-0.39, 0.29) is 17.7 Å². The lowest BCUT2D eigenvalue weighted by Crippen LogP contribution is -2.45. The molecule has 0 aliphatic carbocycles. The van der Waals surface area contributed by atoms with Crippen molar-refractivity contribution in [1.29, 1.82) is 0 Å². The molecular weight excluding hydrogens is 316 g/mol. The fourth-order valence-electron chi connectivity index (χ4n) is 3.51. The number of piperidine rings is 1. The Balaban J connectivity index is 1.53. The van der Waals surface area contributed by atoms with E-state index in [1.807, 2.05) is 42.2 Å². The van der Waals surface area contributed by atoms with Crippen molar-refractivity contribution in [1.82, 2.24) is 9.88 Å². The van der Waals surface area contributed by atoms with E-state index in [0.29, 0.717) is 32.4 Å². The number of carbonyl (C=O) groups is 2. The molecule has 0 bridgehead atoms. The monoisotopic (exact) mass is 340 g/mol. The maximum absolute atomic E-state index is 12.4. The van der Waals surface area contributed by atoms with E-state index in [2.05, 4.69) is 17.1 Å². The van der Waals surface area contributed by atoms with Crippen LogP contribution in [0.4, 0.5) is 0 Å². The van der Waals surface area contributed by atoms with E-state index in [1.54, 1.807) is 0 Å². The molecule has 1 aromatic carbocycles. The summed E-state index contributed by atoms with van der Waals surface area (Å²) in [5.74, 6) is -0.975. The maximum Gasteiger partial charge on any atom is 0.306 e. The molecule has 1 aromatic heterocycles. The molecular formula is C20H24N2O3. The Morgan fingerprint density at radius 1 is 1.20 bits per heavy atom. The summed E-state index contributed by atoms with van der Waals surface area (Å²) < 4.78 is 0. The number of aromatic nitrogens is 1. The average Bonchev–Trinajstić information content (AvgIpc) is 3.09. The van der Waals surface area contributed by atoms with E-state index in [1.165, 1.54) is 0 Å². The van der Waals surface area contributed by atoms with Gasteiger partial charge >= 0.3 is 5.97 Å². The Kier molecular flexibility index (Phi) is 5.22. The molecule has 2 N–H and O–H groups in total. The molecule has 2 atom stereocenters. The van der Waals surface area contributed by atoms with Gasteiger partial charge in [-0.15, -0.1) is 0 Å². The number of rotatable bonds is 5. The summed E-state index contributed by atoms with van der Waals surface area (Å²) in [5, 5.41) is 9.17. The Morgan fingerprint density at radius 2 is 1.96 bits per heavy atom. The highest BCUT2D eigenvalue weighted by Crippen LogP contribution is 2.24. The van der Waals surface area contributed by atoms with Crippen LogP contribution in [0.5, 0.6) is 0 Å². The quantitative estimate of drug-likeness (QED) is 0.878. The minimum atomic E-state index is -0.751. The zero-order valence-corrected chi connectivity index (χ0v) is 14.4. The zero-order valence-electron chi connectivity index (χ0n) is 14.4. The van der Waals surface area contributed by atoms with Gasteiger partial charge in [0.1, 0.15) is 0 Å². The van der Waals surface area contributed by atoms with Gasteiger partial charge < -0.3 is 15.0 Å². The predicted octanol–water partition coefficient (Wildman–Crippen LogP) is 3.18. The van der Waals surface area contributed by atoms with E-state index in [9.17, 15) is 14.7 Å². The van der Waals surface area contributed by atoms with Crippen molar-refractivity contribution >= 4 is 11.9 Å². The lowest BCUT2D eigenvalue weighted by atomic mass is 9.87. The lowest BCUT2D eigenvalue weighted by molar-refractivity contribution is -0.148. The van der Waals surface area contributed by atoms with Gasteiger partial charge in [-0.3, -0.25) is 9.59 Å². The van der Waals surface area contributed by atoms with E-state index in [0.717, 1.165) is 17.0 Å². The normalized spacial score (nSPS) is 20.4. The molecule has 132 valence electrons. The number of hydrogen-bond acceptors (Lipinski definition) is 2. The number of amides is 1. The van der Waals surface area contributed by atoms with Crippen molar-refractivity contribution < 1.29 is 14.7 Å². The molecule has 1 saturated heterocycles. The fourth-order valence-corrected chi connectivity index (χ4v) is 3.51. The summed E-state index contributed by atoms with van der Waals surface area (Å²) in [6.07, 6.45) is 1.65. The first-order valence-electron chi connectivity index (χ1n) is 8.78. The van der Waals surface area contributed by atoms with E-state index >= 15 is 0 Å². The molecule has 5 heteroatoms. The molecule has 2 unspecified atom stereocenters. The number of aliphatic carboxylic acids is 1. The zero-order chi connectivity index (χ0) is 17.8. The smallest absolute Gasteiger partial charge is 0.306 e. The van der Waals surface area contributed by atoms with Gasteiger partial charge in [0.25, 0.3) is 0 Å². The van der Waals surface area contributed by atoms with Crippen LogP contribution in [0.3, 0.4) is 0 Å². The van der Waals surface area contributed by atoms with Crippen molar-refractivity contribution in [3.05, 3.63) is 48.2 Å². The first-order valence-corrected chi connectivity index (χ1v) is 8.78. The number of nitrogens with zero attached hydrogens (tertiary/aromatic N) is 1. The van der Waals surface area contributed by atoms with Crippen molar-refractivity contribution in [2.45, 2.75) is 26.2 Å². The predicted molar refractivity (Wildman–Crippen MR) is 96.0 cm³/mol. The van der Waals surface area contributed by atoms with Crippen LogP contribution in [-0.4, -0.2) is 40.0 Å². The molecule has 0 radical (unpaired) electrons. The van der Waals surface area contributed by atoms with Gasteiger partial charge in [-0.25, -0.2) is 0 Å². The molecule has 1 fully saturated rings. The van der Waals surface area contributed by atoms with Crippen LogP contribution < -0.4 is 0 Å². The number of carboxylic acids is 1. The molecule has 0 spiro atoms. The average molecular weight is 340 g/mol. The van der Waals surface area contributed by atoms with Crippen LogP contribution in [0.25, 0.3) is 11.3 Å². The SMILES string of the molecule is CC1CN(C(=O)CCc2ccc(-c3ccccc3)[nH]2)CCC1C(=O)O. The highest BCUT2D eigenvalue weighted by atomic mass is 16.4. The number of nitrogens with one attached hydrogen (secondary N) is 1. The number of likely N-dealkylation sites (tertiary alicyclic amines) is 1. The highest BCUT2D eigenvalue weighted by molar-refractivity contribution is 5.77. The molecule has 1 aliphatic rings. The van der Waals surface area contributed by atoms with Crippen molar-refractivity contribution in [3.8, 4) is 11.3 Å². The second-order valence-electron chi connectivity index (χ2n) is 6.81. The fraction of sp³-hybridized carbons (Fsp3) is 0.400. The first-order chi connectivity index (χ1) is 12.0. The number of carbonyl (C=O) groups excluding carboxylic acids is 1. The largest absolute Gasteiger partial charge is 0.481 e. The van der Waals surface area contributed by atoms with Crippen molar-refractivity contribution in [2.75, 3.05) is 13.1 Å². The number of aryl methyl sites for hydroxylation is 1. The van der Waals surface area contributed by atoms with Gasteiger partial charge in [0.05, 0.1) is 5.92 Å². The molecule has 25 heavy (non-hydrogen) atoms. The second-order valence-corrected chi connectivity index (χ2v) is 6.81. The molecule has 2 heterocycles. The number of aromatic amines is 1. The molecule has 1 amide bonds. The third-order valence-electron chi connectivity index (χ3n) is 5.01. The Hall–Kier alpha value is -2.56. The molecule has 2 aromatic rings. The molecule has 0 saturated carbocycles. The molecule has 3 rings (SSSR count). The summed E-state index contributed by atoms with van der Waals surface area (Å²) in [4.78, 5) is 28.8. The van der Waals surface area contributed by atoms with Gasteiger partial charge in [-0.05, 0) is 36.5 Å². The van der Waals surface area contributed by atoms with Crippen LogP contribution >= 0.6 is 0 Å². The summed E-state index contributed by atoms with van der Waals surface area (Å²) in [7, 11) is 0. The summed E-state index contributed by atoms with van der Waals surface area (Å²) in [6, 6.07) is 14.1. The van der Waals surface area contributed by atoms with Crippen LogP contribution in [0, 0.1) is 11.8 Å². The van der Waals surface area contributed by atoms with Crippen LogP contribution in [-0.2, 0) is 16.0 Å². The van der Waals surface area contributed by atoms with Gasteiger partial charge in [0, 0.05) is 30.9 Å². The maximum atomic E-state index is 12.4. The lowest BCUT2D eigenvalue weighted by Gasteiger charge is -2.35. The van der Waals surface area contributed by atoms with Crippen molar-refractivity contribution in [2.24, 2.45) is 11.8 Å². The first kappa shape index (κ1) is 17.3. The number of benzene rings is 1. The second kappa shape index (κ2) is 7.55. The van der Waals surface area contributed by atoms with E-state index < -0.39 is 5.97 Å². The number of hydrogen-bond donors (Lipinski definition) is 2. The molecule has 1 aliphatic heterocycles. The van der Waals surface area contributed by atoms with Crippen molar-refractivity contribution in [3.63, 3.8) is 0 Å². The Morgan fingerprint density at radius 3 is 2.64 bits per heavy atom. The minimum Gasteiger partial charge on any atom is -0.481 e. The van der Waals surface area contributed by atoms with Crippen LogP contribution in [0.2, 0.25) is 0 Å². The van der Waals surface area contributed by atoms with E-state index in [4.69, 9.17) is 0 Å². The van der Waals surface area contributed by atoms with Gasteiger partial charge in [0.15, 0.2) is 0 Å². The van der Waals surface area contributed by atoms with Gasteiger partial charge in [-0.2, -0.15) is 0 Å². The Labute approximate surface area is 147 Å². The Bertz CT molecular complexity index is 738. The minimum absolute atomic E-state index is 0.00497. The highest BCUT2D eigenvalue weighted by Gasteiger charge is 2.32. The van der Waals surface area contributed by atoms with Gasteiger partial charge in [0.2, 0.25) is 5.91 Å². The standard InChI is InChI=1S/C20H24N2O3/c1-14-13-22(12-11-17(14)20(24)25)19(23)10-8-16-7-9-18(21-16)15-5-3-2-4-6-15/h2-7,9,14,17,21H,8,10-13H2,1H3,(H,24,25). The van der Waals surface area contributed by atoms with Crippen LogP contribution in [0.15, 0.2) is 42.5 Å². The van der Waals surface area contributed by atoms with Gasteiger partial charge in [-0.1, -0.05) is 37.3 Å². The number of H-pyrrole nitrogens is 1. The summed E-state index contributed by atoms with van der Waals surface area (Å²) >= 11 is 0. The third-order valence-corrected chi connectivity index (χ3v) is 5.01. The molecule has 5 nitrogen and oxygen atoms in total. The number of carboxylic acid groups (broad SMARTS) is 1. The third kappa shape index (κ3) is 4.10.